The van der Waals surface area contributed by atoms with E-state index in [1.165, 1.54) is 4.88 Å². The highest BCUT2D eigenvalue weighted by Crippen LogP contribution is 2.27. The minimum Gasteiger partial charge on any atom is -0.487 e. The third kappa shape index (κ3) is 3.28. The molecular weight excluding hydrogens is 318 g/mol. The Balaban J connectivity index is 2.09. The highest BCUT2D eigenvalue weighted by molar-refractivity contribution is 9.10. The van der Waals surface area contributed by atoms with Crippen LogP contribution in [0.5, 0.6) is 5.75 Å². The van der Waals surface area contributed by atoms with Gasteiger partial charge in [-0.1, -0.05) is 18.3 Å². The first-order chi connectivity index (χ1) is 8.16. The van der Waals surface area contributed by atoms with Gasteiger partial charge >= 0.3 is 0 Å². The van der Waals surface area contributed by atoms with Crippen LogP contribution < -0.4 is 10.5 Å². The Labute approximate surface area is 118 Å². The monoisotopic (exact) mass is 327 g/mol. The molecule has 0 aliphatic rings. The standard InChI is InChI=1S/C12H10BrNOS2/c13-10-6-8(12(14)16)3-4-11(10)15-7-9-2-1-5-17-9/h1-6H,7H2,(H2,14,16). The fourth-order valence-corrected chi connectivity index (χ4v) is 2.55. The first-order valence-corrected chi connectivity index (χ1v) is 6.99. The Morgan fingerprint density at radius 1 is 1.41 bits per heavy atom. The van der Waals surface area contributed by atoms with Crippen LogP contribution >= 0.6 is 39.5 Å². The number of hydrogen-bond donors (Lipinski definition) is 1. The van der Waals surface area contributed by atoms with E-state index in [0.717, 1.165) is 15.8 Å². The molecule has 17 heavy (non-hydrogen) atoms. The van der Waals surface area contributed by atoms with E-state index in [2.05, 4.69) is 15.9 Å². The predicted octanol–water partition coefficient (Wildman–Crippen LogP) is 3.72. The summed E-state index contributed by atoms with van der Waals surface area (Å²) in [5, 5.41) is 2.03. The third-order valence-electron chi connectivity index (χ3n) is 2.17. The minimum absolute atomic E-state index is 0.385. The fraction of sp³-hybridized carbons (Fsp3) is 0.0833. The predicted molar refractivity (Wildman–Crippen MR) is 78.7 cm³/mol. The van der Waals surface area contributed by atoms with E-state index < -0.39 is 0 Å². The van der Waals surface area contributed by atoms with Gasteiger partial charge < -0.3 is 10.5 Å². The Morgan fingerprint density at radius 3 is 2.82 bits per heavy atom. The maximum absolute atomic E-state index is 5.70. The van der Waals surface area contributed by atoms with Crippen LogP contribution in [-0.4, -0.2) is 4.99 Å². The number of thiophene rings is 1. The van der Waals surface area contributed by atoms with Crippen LogP contribution in [0.3, 0.4) is 0 Å². The second-order valence-electron chi connectivity index (χ2n) is 3.38. The zero-order chi connectivity index (χ0) is 12.3. The molecule has 1 aromatic heterocycles. The second-order valence-corrected chi connectivity index (χ2v) is 5.70. The molecule has 0 aliphatic heterocycles. The smallest absolute Gasteiger partial charge is 0.134 e. The van der Waals surface area contributed by atoms with Crippen LogP contribution in [0.4, 0.5) is 0 Å². The molecular formula is C12H10BrNOS2. The van der Waals surface area contributed by atoms with Crippen molar-refractivity contribution in [3.05, 3.63) is 50.6 Å². The number of thiocarbonyl (C=S) groups is 1. The van der Waals surface area contributed by atoms with Gasteiger partial charge in [-0.2, -0.15) is 0 Å². The van der Waals surface area contributed by atoms with Crippen molar-refractivity contribution >= 4 is 44.5 Å². The second kappa shape index (κ2) is 5.62. The fourth-order valence-electron chi connectivity index (χ4n) is 1.31. The molecule has 0 atom stereocenters. The molecule has 1 aromatic carbocycles. The highest BCUT2D eigenvalue weighted by Gasteiger charge is 2.05. The number of halogens is 1. The van der Waals surface area contributed by atoms with E-state index in [-0.39, 0.29) is 0 Å². The van der Waals surface area contributed by atoms with Crippen molar-refractivity contribution in [2.24, 2.45) is 5.73 Å². The average Bonchev–Trinajstić information content (AvgIpc) is 2.80. The summed E-state index contributed by atoms with van der Waals surface area (Å²) in [5.41, 5.74) is 6.38. The van der Waals surface area contributed by atoms with Gasteiger partial charge in [0, 0.05) is 10.4 Å². The summed E-state index contributed by atoms with van der Waals surface area (Å²) < 4.78 is 6.56. The molecule has 1 heterocycles. The molecule has 0 aliphatic carbocycles. The molecule has 2 aromatic rings. The Hall–Kier alpha value is -0.910. The Bertz CT molecular complexity index is 525. The van der Waals surface area contributed by atoms with Crippen LogP contribution in [0.15, 0.2) is 40.2 Å². The summed E-state index contributed by atoms with van der Waals surface area (Å²) in [6.07, 6.45) is 0. The van der Waals surface area contributed by atoms with Gasteiger partial charge in [-0.15, -0.1) is 11.3 Å². The minimum atomic E-state index is 0.385. The molecule has 0 saturated heterocycles. The molecule has 0 unspecified atom stereocenters. The average molecular weight is 328 g/mol. The van der Waals surface area contributed by atoms with Crippen molar-refractivity contribution in [3.8, 4) is 5.75 Å². The summed E-state index contributed by atoms with van der Waals surface area (Å²) in [7, 11) is 0. The number of ether oxygens (including phenoxy) is 1. The van der Waals surface area contributed by atoms with Gasteiger partial charge in [0.1, 0.15) is 17.3 Å². The van der Waals surface area contributed by atoms with E-state index >= 15 is 0 Å². The molecule has 0 amide bonds. The lowest BCUT2D eigenvalue weighted by Gasteiger charge is -2.08. The quantitative estimate of drug-likeness (QED) is 0.869. The van der Waals surface area contributed by atoms with Crippen molar-refractivity contribution in [1.29, 1.82) is 0 Å². The molecule has 0 bridgehead atoms. The van der Waals surface area contributed by atoms with Crippen molar-refractivity contribution in [3.63, 3.8) is 0 Å². The number of nitrogens with two attached hydrogens (primary N) is 1. The Kier molecular flexibility index (Phi) is 4.15. The largest absolute Gasteiger partial charge is 0.487 e. The first-order valence-electron chi connectivity index (χ1n) is 4.91. The molecule has 88 valence electrons. The maximum Gasteiger partial charge on any atom is 0.134 e. The number of rotatable bonds is 4. The van der Waals surface area contributed by atoms with Gasteiger partial charge in [-0.05, 0) is 45.6 Å². The van der Waals surface area contributed by atoms with Gasteiger partial charge in [-0.3, -0.25) is 0 Å². The van der Waals surface area contributed by atoms with Gasteiger partial charge in [-0.25, -0.2) is 0 Å². The Morgan fingerprint density at radius 2 is 2.24 bits per heavy atom. The van der Waals surface area contributed by atoms with Crippen LogP contribution in [0.25, 0.3) is 0 Å². The summed E-state index contributed by atoms with van der Waals surface area (Å²) in [5.74, 6) is 0.790. The zero-order valence-corrected chi connectivity index (χ0v) is 12.1. The first kappa shape index (κ1) is 12.5. The van der Waals surface area contributed by atoms with Crippen molar-refractivity contribution in [2.45, 2.75) is 6.61 Å². The lowest BCUT2D eigenvalue weighted by Crippen LogP contribution is -2.09. The van der Waals surface area contributed by atoms with E-state index in [0.29, 0.717) is 11.6 Å². The van der Waals surface area contributed by atoms with E-state index in [1.807, 2.05) is 35.7 Å². The number of benzene rings is 1. The van der Waals surface area contributed by atoms with Crippen LogP contribution in [0.2, 0.25) is 0 Å². The molecule has 0 radical (unpaired) electrons. The van der Waals surface area contributed by atoms with Crippen molar-refractivity contribution < 1.29 is 4.74 Å². The van der Waals surface area contributed by atoms with Crippen LogP contribution in [-0.2, 0) is 6.61 Å². The molecule has 0 saturated carbocycles. The summed E-state index contributed by atoms with van der Waals surface area (Å²) in [4.78, 5) is 1.57. The highest BCUT2D eigenvalue weighted by atomic mass is 79.9. The molecule has 2 rings (SSSR count). The van der Waals surface area contributed by atoms with Gasteiger partial charge in [0.05, 0.1) is 4.47 Å². The van der Waals surface area contributed by atoms with Gasteiger partial charge in [0.2, 0.25) is 0 Å². The molecule has 2 N–H and O–H groups in total. The normalized spacial score (nSPS) is 10.2. The molecule has 2 nitrogen and oxygen atoms in total. The summed E-state index contributed by atoms with van der Waals surface area (Å²) in [6.45, 7) is 0.572. The third-order valence-corrected chi connectivity index (χ3v) is 3.87. The summed E-state index contributed by atoms with van der Waals surface area (Å²) in [6, 6.07) is 9.64. The topological polar surface area (TPSA) is 35.2 Å². The van der Waals surface area contributed by atoms with Crippen LogP contribution in [0.1, 0.15) is 10.4 Å². The van der Waals surface area contributed by atoms with E-state index in [1.54, 1.807) is 11.3 Å². The van der Waals surface area contributed by atoms with E-state index in [4.69, 9.17) is 22.7 Å². The maximum atomic E-state index is 5.70. The van der Waals surface area contributed by atoms with E-state index in [9.17, 15) is 0 Å². The van der Waals surface area contributed by atoms with Crippen molar-refractivity contribution in [1.82, 2.24) is 0 Å². The number of hydrogen-bond acceptors (Lipinski definition) is 3. The van der Waals surface area contributed by atoms with Crippen LogP contribution in [0, 0.1) is 0 Å². The SMILES string of the molecule is NC(=S)c1ccc(OCc2cccs2)c(Br)c1. The lowest BCUT2D eigenvalue weighted by atomic mass is 10.2. The van der Waals surface area contributed by atoms with Gasteiger partial charge in [0.25, 0.3) is 0 Å². The summed E-state index contributed by atoms with van der Waals surface area (Å²) >= 11 is 10.0. The molecule has 5 heteroatoms. The van der Waals surface area contributed by atoms with Crippen molar-refractivity contribution in [2.75, 3.05) is 0 Å². The lowest BCUT2D eigenvalue weighted by molar-refractivity contribution is 0.308. The van der Waals surface area contributed by atoms with Gasteiger partial charge in [0.15, 0.2) is 0 Å². The molecule has 0 spiro atoms. The zero-order valence-electron chi connectivity index (χ0n) is 8.85. The molecule has 0 fully saturated rings.